The molecule has 2 unspecified atom stereocenters. The first-order chi connectivity index (χ1) is 8.01. The van der Waals surface area contributed by atoms with Crippen LogP contribution in [-0.2, 0) is 14.3 Å². The van der Waals surface area contributed by atoms with E-state index in [9.17, 15) is 14.7 Å². The number of carbonyl (C=O) groups excluding carboxylic acids is 2. The summed E-state index contributed by atoms with van der Waals surface area (Å²) in [4.78, 5) is 26.0. The molecule has 90 valence electrons. The van der Waals surface area contributed by atoms with Crippen molar-refractivity contribution in [3.63, 3.8) is 0 Å². The molecule has 1 N–H and O–H groups in total. The first-order valence-electron chi connectivity index (χ1n) is 4.58. The largest absolute Gasteiger partial charge is 1.00 e. The summed E-state index contributed by atoms with van der Waals surface area (Å²) in [6.07, 6.45) is 0. The van der Waals surface area contributed by atoms with E-state index in [1.54, 1.807) is 13.0 Å². The summed E-state index contributed by atoms with van der Waals surface area (Å²) in [6, 6.07) is 1.55. The fourth-order valence-electron chi connectivity index (χ4n) is 1.28. The van der Waals surface area contributed by atoms with E-state index in [1.165, 1.54) is 0 Å². The summed E-state index contributed by atoms with van der Waals surface area (Å²) >= 11 is 0. The maximum Gasteiger partial charge on any atom is 1.00 e. The molecule has 0 saturated carbocycles. The van der Waals surface area contributed by atoms with Gasteiger partial charge < -0.3 is 14.6 Å². The number of aliphatic carboxylic acids is 1. The van der Waals surface area contributed by atoms with E-state index in [2.05, 4.69) is 19.9 Å². The predicted molar refractivity (Wildman–Crippen MR) is 50.0 cm³/mol. The van der Waals surface area contributed by atoms with Gasteiger partial charge in [-0.25, -0.2) is 4.98 Å². The van der Waals surface area contributed by atoms with E-state index in [0.717, 1.165) is 7.11 Å². The normalized spacial score (nSPS) is 12.7. The number of hydrogen-bond donors (Lipinski definition) is 1. The van der Waals surface area contributed by atoms with Gasteiger partial charge in [0, 0.05) is 0 Å². The SMILES string of the molecule is COC(=O)C(C#N)C(C(=O)[O-])c1n[nH]c(C)n1.[Na+]. The molecule has 1 aromatic heterocycles. The average molecular weight is 260 g/mol. The van der Waals surface area contributed by atoms with Crippen LogP contribution in [0.1, 0.15) is 17.6 Å². The molecule has 8 nitrogen and oxygen atoms in total. The number of carboxylic acids is 1. The number of nitriles is 1. The topological polar surface area (TPSA) is 132 Å². The monoisotopic (exact) mass is 260 g/mol. The third kappa shape index (κ3) is 3.53. The van der Waals surface area contributed by atoms with Gasteiger partial charge in [-0.05, 0) is 6.92 Å². The molecule has 0 amide bonds. The second kappa shape index (κ2) is 7.10. The van der Waals surface area contributed by atoms with Crippen LogP contribution in [0.15, 0.2) is 0 Å². The van der Waals surface area contributed by atoms with Crippen LogP contribution >= 0.6 is 0 Å². The number of methoxy groups -OCH3 is 1. The second-order valence-electron chi connectivity index (χ2n) is 3.21. The zero-order valence-corrected chi connectivity index (χ0v) is 12.1. The van der Waals surface area contributed by atoms with Crippen LogP contribution in [0.5, 0.6) is 0 Å². The van der Waals surface area contributed by atoms with Crippen molar-refractivity contribution in [1.82, 2.24) is 15.2 Å². The smallest absolute Gasteiger partial charge is 0.549 e. The van der Waals surface area contributed by atoms with Gasteiger partial charge in [-0.3, -0.25) is 9.89 Å². The van der Waals surface area contributed by atoms with Crippen molar-refractivity contribution in [3.8, 4) is 6.07 Å². The summed E-state index contributed by atoms with van der Waals surface area (Å²) in [5.41, 5.74) is 0. The number of carbonyl (C=O) groups is 2. The summed E-state index contributed by atoms with van der Waals surface area (Å²) < 4.78 is 4.34. The fourth-order valence-corrected chi connectivity index (χ4v) is 1.28. The second-order valence-corrected chi connectivity index (χ2v) is 3.21. The molecule has 0 aromatic carbocycles. The van der Waals surface area contributed by atoms with E-state index < -0.39 is 23.8 Å². The van der Waals surface area contributed by atoms with Crippen LogP contribution in [0.2, 0.25) is 0 Å². The minimum absolute atomic E-state index is 0. The third-order valence-corrected chi connectivity index (χ3v) is 2.07. The molecular formula is C9H9N4NaO4. The zero-order chi connectivity index (χ0) is 13.0. The molecule has 1 aromatic rings. The number of rotatable bonds is 4. The van der Waals surface area contributed by atoms with Crippen LogP contribution in [0.4, 0.5) is 0 Å². The Bertz CT molecular complexity index is 481. The molecule has 0 spiro atoms. The molecule has 9 heteroatoms. The molecule has 0 fully saturated rings. The Morgan fingerprint density at radius 2 is 2.17 bits per heavy atom. The van der Waals surface area contributed by atoms with Gasteiger partial charge in [-0.15, -0.1) is 0 Å². The molecule has 0 aliphatic rings. The molecule has 1 heterocycles. The van der Waals surface area contributed by atoms with Crippen molar-refractivity contribution in [2.24, 2.45) is 5.92 Å². The fraction of sp³-hybridized carbons (Fsp3) is 0.444. The van der Waals surface area contributed by atoms with E-state index in [0.29, 0.717) is 5.82 Å². The molecule has 0 aliphatic heterocycles. The summed E-state index contributed by atoms with van der Waals surface area (Å²) in [7, 11) is 1.06. The Hall–Kier alpha value is -1.43. The van der Waals surface area contributed by atoms with Crippen molar-refractivity contribution in [1.29, 1.82) is 5.26 Å². The van der Waals surface area contributed by atoms with Gasteiger partial charge in [0.05, 0.1) is 25.1 Å². The van der Waals surface area contributed by atoms with Crippen molar-refractivity contribution in [3.05, 3.63) is 11.6 Å². The van der Waals surface area contributed by atoms with Crippen LogP contribution < -0.4 is 34.7 Å². The standard InChI is InChI=1S/C9H10N4O4.Na/c1-4-11-7(13-12-4)6(8(14)15)5(3-10)9(16)17-2;/h5-6H,1-2H3,(H,14,15)(H,11,12,13);/q;+1/p-1. The van der Waals surface area contributed by atoms with Crippen molar-refractivity contribution < 1.29 is 49.0 Å². The van der Waals surface area contributed by atoms with Gasteiger partial charge >= 0.3 is 35.5 Å². The minimum atomic E-state index is -1.61. The van der Waals surface area contributed by atoms with E-state index in [4.69, 9.17) is 5.26 Å². The van der Waals surface area contributed by atoms with Gasteiger partial charge in [-0.1, -0.05) is 0 Å². The first kappa shape index (κ1) is 16.6. The van der Waals surface area contributed by atoms with Gasteiger partial charge in [0.25, 0.3) is 0 Å². The van der Waals surface area contributed by atoms with Gasteiger partial charge in [0.1, 0.15) is 5.82 Å². The number of aryl methyl sites for hydroxylation is 1. The number of aromatic nitrogens is 3. The summed E-state index contributed by atoms with van der Waals surface area (Å²) in [5.74, 6) is -5.49. The Kier molecular flexibility index (Phi) is 6.54. The maximum atomic E-state index is 11.3. The molecule has 0 bridgehead atoms. The number of nitrogens with one attached hydrogen (secondary N) is 1. The molecule has 18 heavy (non-hydrogen) atoms. The van der Waals surface area contributed by atoms with Crippen molar-refractivity contribution >= 4 is 11.9 Å². The number of aromatic amines is 1. The number of nitrogens with zero attached hydrogens (tertiary/aromatic N) is 3. The number of ether oxygens (including phenoxy) is 1. The quantitative estimate of drug-likeness (QED) is 0.424. The van der Waals surface area contributed by atoms with Crippen molar-refractivity contribution in [2.75, 3.05) is 7.11 Å². The van der Waals surface area contributed by atoms with Gasteiger partial charge in [0.2, 0.25) is 0 Å². The summed E-state index contributed by atoms with van der Waals surface area (Å²) in [5, 5.41) is 25.8. The predicted octanol–water partition coefficient (Wildman–Crippen LogP) is -4.74. The molecule has 1 rings (SSSR count). The number of esters is 1. The molecule has 0 aliphatic carbocycles. The van der Waals surface area contributed by atoms with E-state index in [-0.39, 0.29) is 35.4 Å². The van der Waals surface area contributed by atoms with Crippen LogP contribution in [0.3, 0.4) is 0 Å². The Morgan fingerprint density at radius 3 is 2.50 bits per heavy atom. The molecule has 0 saturated heterocycles. The number of hydrogen-bond acceptors (Lipinski definition) is 7. The van der Waals surface area contributed by atoms with E-state index >= 15 is 0 Å². The van der Waals surface area contributed by atoms with Crippen molar-refractivity contribution in [2.45, 2.75) is 12.8 Å². The molecular weight excluding hydrogens is 251 g/mol. The molecule has 0 radical (unpaired) electrons. The number of carboxylic acid groups (broad SMARTS) is 1. The average Bonchev–Trinajstić information content (AvgIpc) is 2.70. The Morgan fingerprint density at radius 1 is 1.56 bits per heavy atom. The van der Waals surface area contributed by atoms with E-state index in [1.807, 2.05) is 0 Å². The van der Waals surface area contributed by atoms with Crippen LogP contribution in [0, 0.1) is 24.2 Å². The maximum absolute atomic E-state index is 11.3. The molecule has 2 atom stereocenters. The van der Waals surface area contributed by atoms with Gasteiger partial charge in [0.15, 0.2) is 11.7 Å². The minimum Gasteiger partial charge on any atom is -0.549 e. The Balaban J connectivity index is 0.00000289. The number of H-pyrrole nitrogens is 1. The third-order valence-electron chi connectivity index (χ3n) is 2.07. The van der Waals surface area contributed by atoms with Gasteiger partial charge in [-0.2, -0.15) is 10.4 Å². The first-order valence-corrected chi connectivity index (χ1v) is 4.58. The van der Waals surface area contributed by atoms with Crippen LogP contribution in [0.25, 0.3) is 0 Å². The summed E-state index contributed by atoms with van der Waals surface area (Å²) in [6.45, 7) is 1.56. The zero-order valence-electron chi connectivity index (χ0n) is 10.1. The Labute approximate surface area is 125 Å². The van der Waals surface area contributed by atoms with Crippen LogP contribution in [-0.4, -0.2) is 34.2 Å².